The highest BCUT2D eigenvalue weighted by atomic mass is 19.1. The van der Waals surface area contributed by atoms with E-state index in [1.54, 1.807) is 0 Å². The largest absolute Gasteiger partial charge is 0.354 e. The molecule has 1 N–H and O–H groups in total. The molecular weight excluding hydrogens is 301 g/mol. The molecule has 0 bridgehead atoms. The van der Waals surface area contributed by atoms with Gasteiger partial charge in [0.05, 0.1) is 11.0 Å². The number of benzene rings is 1. The Morgan fingerprint density at radius 1 is 1.43 bits per heavy atom. The molecule has 1 amide bonds. The monoisotopic (exact) mass is 319 g/mol. The minimum absolute atomic E-state index is 0.137. The highest BCUT2D eigenvalue weighted by Crippen LogP contribution is 2.20. The van der Waals surface area contributed by atoms with Crippen molar-refractivity contribution in [1.82, 2.24) is 9.88 Å². The summed E-state index contributed by atoms with van der Waals surface area (Å²) in [5.74, 6) is -1.32. The van der Waals surface area contributed by atoms with E-state index in [1.165, 1.54) is 0 Å². The first-order chi connectivity index (χ1) is 10.9. The molecule has 0 unspecified atom stereocenters. The van der Waals surface area contributed by atoms with Crippen molar-refractivity contribution in [1.29, 1.82) is 0 Å². The Morgan fingerprint density at radius 3 is 2.78 bits per heavy atom. The van der Waals surface area contributed by atoms with E-state index in [1.807, 2.05) is 36.9 Å². The summed E-state index contributed by atoms with van der Waals surface area (Å²) in [5, 5.41) is 13.7. The van der Waals surface area contributed by atoms with Crippen molar-refractivity contribution in [2.75, 3.05) is 0 Å². The fraction of sp³-hybridized carbons (Fsp3) is 0.312. The number of hydrogen-bond donors (Lipinski definition) is 1. The van der Waals surface area contributed by atoms with Crippen LogP contribution in [0.15, 0.2) is 36.5 Å². The lowest BCUT2D eigenvalue weighted by atomic mass is 10.1. The molecule has 0 aliphatic carbocycles. The number of rotatable bonds is 6. The molecular formula is C16H18FN3O3. The standard InChI is InChI=1S/C16H18FN3O3/c1-11(5-7-13-4-3-9-19(13)2)18-16(21)14-8-6-12(17)10-15(14)20(22)23/h3-4,6,8-11H,5,7H2,1-2H3,(H,18,21)/t11-/m0/s1. The van der Waals surface area contributed by atoms with Crippen molar-refractivity contribution in [2.45, 2.75) is 25.8 Å². The van der Waals surface area contributed by atoms with Crippen molar-refractivity contribution in [3.63, 3.8) is 0 Å². The fourth-order valence-corrected chi connectivity index (χ4v) is 2.34. The Hall–Kier alpha value is -2.70. The van der Waals surface area contributed by atoms with E-state index in [4.69, 9.17) is 0 Å². The molecule has 1 heterocycles. The summed E-state index contributed by atoms with van der Waals surface area (Å²) < 4.78 is 15.1. The van der Waals surface area contributed by atoms with E-state index >= 15 is 0 Å². The van der Waals surface area contributed by atoms with Crippen LogP contribution < -0.4 is 5.32 Å². The summed E-state index contributed by atoms with van der Waals surface area (Å²) >= 11 is 0. The number of aryl methyl sites for hydroxylation is 2. The number of amides is 1. The quantitative estimate of drug-likeness (QED) is 0.657. The molecule has 1 atom stereocenters. The van der Waals surface area contributed by atoms with Crippen LogP contribution in [-0.2, 0) is 13.5 Å². The number of nitrogens with one attached hydrogen (secondary N) is 1. The molecule has 6 nitrogen and oxygen atoms in total. The number of carbonyl (C=O) groups is 1. The van der Waals surface area contributed by atoms with Gasteiger partial charge < -0.3 is 9.88 Å². The van der Waals surface area contributed by atoms with Crippen LogP contribution in [0.4, 0.5) is 10.1 Å². The smallest absolute Gasteiger partial charge is 0.285 e. The first kappa shape index (κ1) is 16.7. The van der Waals surface area contributed by atoms with Crippen molar-refractivity contribution >= 4 is 11.6 Å². The average molecular weight is 319 g/mol. The van der Waals surface area contributed by atoms with E-state index in [9.17, 15) is 19.3 Å². The molecule has 2 rings (SSSR count). The average Bonchev–Trinajstić information content (AvgIpc) is 2.90. The first-order valence-electron chi connectivity index (χ1n) is 7.23. The van der Waals surface area contributed by atoms with Crippen LogP contribution in [0, 0.1) is 15.9 Å². The SMILES string of the molecule is C[C@@H](CCc1cccn1C)NC(=O)c1ccc(F)cc1[N+](=O)[O-]. The van der Waals surface area contributed by atoms with Gasteiger partial charge in [-0.05, 0) is 44.0 Å². The number of carbonyl (C=O) groups excluding carboxylic acids is 1. The highest BCUT2D eigenvalue weighted by molar-refractivity contribution is 5.98. The van der Waals surface area contributed by atoms with Gasteiger partial charge in [-0.3, -0.25) is 14.9 Å². The van der Waals surface area contributed by atoms with Crippen molar-refractivity contribution in [3.8, 4) is 0 Å². The molecule has 0 spiro atoms. The number of aromatic nitrogens is 1. The van der Waals surface area contributed by atoms with Gasteiger partial charge in [0.2, 0.25) is 0 Å². The molecule has 122 valence electrons. The lowest BCUT2D eigenvalue weighted by Crippen LogP contribution is -2.33. The predicted octanol–water partition coefficient (Wildman–Crippen LogP) is 2.82. The summed E-state index contributed by atoms with van der Waals surface area (Å²) in [6.07, 6.45) is 3.41. The lowest BCUT2D eigenvalue weighted by molar-refractivity contribution is -0.385. The zero-order valence-corrected chi connectivity index (χ0v) is 13.0. The van der Waals surface area contributed by atoms with Gasteiger partial charge in [-0.2, -0.15) is 0 Å². The maximum atomic E-state index is 13.1. The van der Waals surface area contributed by atoms with E-state index in [2.05, 4.69) is 5.32 Å². The third-order valence-electron chi connectivity index (χ3n) is 3.66. The highest BCUT2D eigenvalue weighted by Gasteiger charge is 2.22. The van der Waals surface area contributed by atoms with Crippen LogP contribution in [0.3, 0.4) is 0 Å². The van der Waals surface area contributed by atoms with Crippen molar-refractivity contribution in [2.24, 2.45) is 7.05 Å². The van der Waals surface area contributed by atoms with Gasteiger partial charge in [0.25, 0.3) is 11.6 Å². The number of nitrogens with zero attached hydrogens (tertiary/aromatic N) is 2. The summed E-state index contributed by atoms with van der Waals surface area (Å²) in [6.45, 7) is 1.83. The molecule has 0 saturated carbocycles. The predicted molar refractivity (Wildman–Crippen MR) is 83.7 cm³/mol. The number of hydrogen-bond acceptors (Lipinski definition) is 3. The van der Waals surface area contributed by atoms with Gasteiger partial charge in [-0.1, -0.05) is 0 Å². The topological polar surface area (TPSA) is 77.2 Å². The number of nitro groups is 1. The summed E-state index contributed by atoms with van der Waals surface area (Å²) in [5.41, 5.74) is 0.470. The Bertz CT molecular complexity index is 727. The van der Waals surface area contributed by atoms with Crippen LogP contribution in [0.1, 0.15) is 29.4 Å². The minimum atomic E-state index is -0.757. The minimum Gasteiger partial charge on any atom is -0.354 e. The second kappa shape index (κ2) is 7.04. The van der Waals surface area contributed by atoms with E-state index in [-0.39, 0.29) is 11.6 Å². The zero-order valence-electron chi connectivity index (χ0n) is 13.0. The number of nitro benzene ring substituents is 1. The Morgan fingerprint density at radius 2 is 2.17 bits per heavy atom. The summed E-state index contributed by atoms with van der Waals surface area (Å²) in [4.78, 5) is 22.4. The molecule has 1 aromatic heterocycles. The maximum absolute atomic E-state index is 13.1. The van der Waals surface area contributed by atoms with Gasteiger partial charge in [-0.25, -0.2) is 4.39 Å². The maximum Gasteiger partial charge on any atom is 0.285 e. The molecule has 0 fully saturated rings. The van der Waals surface area contributed by atoms with Crippen LogP contribution in [0.2, 0.25) is 0 Å². The molecule has 1 aromatic carbocycles. The normalized spacial score (nSPS) is 12.0. The van der Waals surface area contributed by atoms with Crippen LogP contribution in [0.5, 0.6) is 0 Å². The summed E-state index contributed by atoms with van der Waals surface area (Å²) in [7, 11) is 1.94. The van der Waals surface area contributed by atoms with Gasteiger partial charge in [0.15, 0.2) is 0 Å². The van der Waals surface area contributed by atoms with Crippen LogP contribution in [-0.4, -0.2) is 21.4 Å². The van der Waals surface area contributed by atoms with Crippen LogP contribution in [0.25, 0.3) is 0 Å². The summed E-state index contributed by atoms with van der Waals surface area (Å²) in [6, 6.07) is 6.70. The van der Waals surface area contributed by atoms with E-state index in [0.29, 0.717) is 6.42 Å². The second-order valence-corrected chi connectivity index (χ2v) is 5.44. The molecule has 7 heteroatoms. The second-order valence-electron chi connectivity index (χ2n) is 5.44. The lowest BCUT2D eigenvalue weighted by Gasteiger charge is -2.14. The van der Waals surface area contributed by atoms with Gasteiger partial charge in [0.1, 0.15) is 11.4 Å². The molecule has 0 saturated heterocycles. The first-order valence-corrected chi connectivity index (χ1v) is 7.23. The van der Waals surface area contributed by atoms with Gasteiger partial charge >= 0.3 is 0 Å². The van der Waals surface area contributed by atoms with Gasteiger partial charge in [0, 0.05) is 25.0 Å². The Balaban J connectivity index is 2.01. The van der Waals surface area contributed by atoms with E-state index < -0.39 is 22.3 Å². The third kappa shape index (κ3) is 4.15. The molecule has 0 radical (unpaired) electrons. The van der Waals surface area contributed by atoms with Crippen molar-refractivity contribution in [3.05, 3.63) is 63.7 Å². The van der Waals surface area contributed by atoms with E-state index in [0.717, 1.165) is 30.3 Å². The molecule has 23 heavy (non-hydrogen) atoms. The zero-order chi connectivity index (χ0) is 17.0. The van der Waals surface area contributed by atoms with Gasteiger partial charge in [-0.15, -0.1) is 0 Å². The Labute approximate surface area is 133 Å². The fourth-order valence-electron chi connectivity index (χ4n) is 2.34. The number of halogens is 1. The molecule has 0 aliphatic rings. The third-order valence-corrected chi connectivity index (χ3v) is 3.66. The van der Waals surface area contributed by atoms with Crippen molar-refractivity contribution < 1.29 is 14.1 Å². The Kier molecular flexibility index (Phi) is 5.10. The molecule has 2 aromatic rings. The molecule has 0 aliphatic heterocycles. The van der Waals surface area contributed by atoms with Crippen LogP contribution >= 0.6 is 0 Å².